The lowest BCUT2D eigenvalue weighted by atomic mass is 10.2. The molecule has 0 saturated heterocycles. The molecule has 1 aromatic rings. The van der Waals surface area contributed by atoms with Crippen molar-refractivity contribution in [2.24, 2.45) is 0 Å². The van der Waals surface area contributed by atoms with Gasteiger partial charge in [0.25, 0.3) is 0 Å². The van der Waals surface area contributed by atoms with E-state index in [1.807, 2.05) is 12.1 Å². The van der Waals surface area contributed by atoms with Gasteiger partial charge in [0, 0.05) is 18.0 Å². The number of anilines is 1. The van der Waals surface area contributed by atoms with Crippen LogP contribution in [0, 0.1) is 0 Å². The summed E-state index contributed by atoms with van der Waals surface area (Å²) < 4.78 is 0. The second kappa shape index (κ2) is 7.65. The smallest absolute Gasteiger partial charge is 0.321 e. The summed E-state index contributed by atoms with van der Waals surface area (Å²) in [4.78, 5) is 21.4. The van der Waals surface area contributed by atoms with Gasteiger partial charge in [-0.1, -0.05) is 18.2 Å². The minimum atomic E-state index is -1.01. The molecule has 1 atom stereocenters. The highest BCUT2D eigenvalue weighted by Crippen LogP contribution is 2.11. The van der Waals surface area contributed by atoms with Crippen molar-refractivity contribution in [2.75, 3.05) is 17.2 Å². The molecule has 0 aromatic heterocycles. The van der Waals surface area contributed by atoms with E-state index in [9.17, 15) is 9.59 Å². The maximum absolute atomic E-state index is 11.0. The molecule has 1 rings (SSSR count). The Balaban J connectivity index is 2.48. The normalized spacial score (nSPS) is 12.0. The number of nitrogen functional groups attached to an aromatic ring is 1. The molecule has 0 amide bonds. The van der Waals surface area contributed by atoms with Gasteiger partial charge in [0.1, 0.15) is 6.04 Å². The van der Waals surface area contributed by atoms with Crippen LogP contribution in [0.15, 0.2) is 24.3 Å². The lowest BCUT2D eigenvalue weighted by molar-refractivity contribution is -0.139. The zero-order chi connectivity index (χ0) is 14.3. The van der Waals surface area contributed by atoms with Gasteiger partial charge in [-0.15, -0.1) is 11.8 Å². The predicted molar refractivity (Wildman–Crippen MR) is 74.1 cm³/mol. The number of carbonyl (C=O) groups is 2. The number of para-hydroxylation sites is 1. The first-order valence-electron chi connectivity index (χ1n) is 5.60. The Morgan fingerprint density at radius 3 is 2.58 bits per heavy atom. The number of nitrogens with two attached hydrogens (primary N) is 1. The quantitative estimate of drug-likeness (QED) is 0.518. The molecule has 5 N–H and O–H groups in total. The van der Waals surface area contributed by atoms with Crippen LogP contribution in [-0.2, 0) is 16.1 Å². The lowest BCUT2D eigenvalue weighted by Crippen LogP contribution is -2.38. The fraction of sp³-hybridized carbons (Fsp3) is 0.333. The van der Waals surface area contributed by atoms with Crippen molar-refractivity contribution < 1.29 is 19.8 Å². The monoisotopic (exact) mass is 284 g/mol. The van der Waals surface area contributed by atoms with E-state index in [1.54, 1.807) is 12.1 Å². The van der Waals surface area contributed by atoms with Crippen LogP contribution in [0.3, 0.4) is 0 Å². The van der Waals surface area contributed by atoms with Crippen molar-refractivity contribution in [1.82, 2.24) is 5.32 Å². The zero-order valence-corrected chi connectivity index (χ0v) is 11.0. The molecule has 0 spiro atoms. The van der Waals surface area contributed by atoms with E-state index in [4.69, 9.17) is 15.9 Å². The van der Waals surface area contributed by atoms with E-state index in [-0.39, 0.29) is 11.5 Å². The van der Waals surface area contributed by atoms with Gasteiger partial charge in [-0.05, 0) is 11.6 Å². The van der Waals surface area contributed by atoms with Crippen LogP contribution in [0.5, 0.6) is 0 Å². The first kappa shape index (κ1) is 15.3. The van der Waals surface area contributed by atoms with Crippen LogP contribution in [0.4, 0.5) is 5.69 Å². The Kier molecular flexibility index (Phi) is 6.17. The molecule has 6 nitrogen and oxygen atoms in total. The van der Waals surface area contributed by atoms with Crippen molar-refractivity contribution in [2.45, 2.75) is 12.6 Å². The average Bonchev–Trinajstić information content (AvgIpc) is 2.34. The third kappa shape index (κ3) is 5.62. The van der Waals surface area contributed by atoms with Gasteiger partial charge < -0.3 is 15.9 Å². The minimum Gasteiger partial charge on any atom is -0.481 e. The molecule has 104 valence electrons. The molecule has 1 aromatic carbocycles. The predicted octanol–water partition coefficient (Wildman–Crippen LogP) is 0.629. The molecule has 0 aliphatic rings. The molecule has 0 aliphatic carbocycles. The minimum absolute atomic E-state index is 0.112. The number of hydrogen-bond acceptors (Lipinski definition) is 5. The van der Waals surface area contributed by atoms with E-state index in [2.05, 4.69) is 5.32 Å². The van der Waals surface area contributed by atoms with E-state index >= 15 is 0 Å². The van der Waals surface area contributed by atoms with E-state index in [0.717, 1.165) is 17.3 Å². The summed E-state index contributed by atoms with van der Waals surface area (Å²) in [5.41, 5.74) is 7.16. The van der Waals surface area contributed by atoms with Crippen molar-refractivity contribution in [1.29, 1.82) is 0 Å². The Hall–Kier alpha value is -1.73. The number of carboxylic acids is 2. The van der Waals surface area contributed by atoms with Crippen LogP contribution >= 0.6 is 11.8 Å². The highest BCUT2D eigenvalue weighted by atomic mass is 32.2. The molecule has 1 unspecified atom stereocenters. The molecule has 0 bridgehead atoms. The van der Waals surface area contributed by atoms with Crippen molar-refractivity contribution >= 4 is 29.4 Å². The molecule has 0 heterocycles. The third-order valence-electron chi connectivity index (χ3n) is 2.40. The Bertz CT molecular complexity index is 453. The average molecular weight is 284 g/mol. The summed E-state index contributed by atoms with van der Waals surface area (Å²) in [6.45, 7) is 0.331. The van der Waals surface area contributed by atoms with E-state index in [0.29, 0.717) is 12.2 Å². The third-order valence-corrected chi connectivity index (χ3v) is 3.42. The molecular weight excluding hydrogens is 268 g/mol. The second-order valence-electron chi connectivity index (χ2n) is 3.88. The highest BCUT2D eigenvalue weighted by molar-refractivity contribution is 8.00. The Morgan fingerprint density at radius 2 is 2.00 bits per heavy atom. The zero-order valence-electron chi connectivity index (χ0n) is 10.2. The summed E-state index contributed by atoms with van der Waals surface area (Å²) in [5.74, 6) is -1.89. The fourth-order valence-corrected chi connectivity index (χ4v) is 2.20. The van der Waals surface area contributed by atoms with E-state index < -0.39 is 18.0 Å². The summed E-state index contributed by atoms with van der Waals surface area (Å²) in [7, 11) is 0. The first-order valence-corrected chi connectivity index (χ1v) is 6.75. The first-order chi connectivity index (χ1) is 9.00. The summed E-state index contributed by atoms with van der Waals surface area (Å²) in [6.07, 6.45) is 0. The molecular formula is C12H16N2O4S. The molecule has 0 radical (unpaired) electrons. The number of rotatable bonds is 8. The number of thioether (sulfide) groups is 1. The topological polar surface area (TPSA) is 113 Å². The number of aliphatic carboxylic acids is 2. The Labute approximate surface area is 115 Å². The maximum Gasteiger partial charge on any atom is 0.321 e. The van der Waals surface area contributed by atoms with Crippen LogP contribution in [-0.4, -0.2) is 39.7 Å². The number of hydrogen-bond donors (Lipinski definition) is 4. The van der Waals surface area contributed by atoms with Gasteiger partial charge in [0.05, 0.1) is 5.75 Å². The second-order valence-corrected chi connectivity index (χ2v) is 4.91. The molecule has 0 aliphatic heterocycles. The summed E-state index contributed by atoms with van der Waals surface area (Å²) in [5, 5.41) is 20.4. The summed E-state index contributed by atoms with van der Waals surface area (Å²) >= 11 is 1.06. The molecule has 0 saturated carbocycles. The highest BCUT2D eigenvalue weighted by Gasteiger charge is 2.17. The maximum atomic E-state index is 11.0. The van der Waals surface area contributed by atoms with Crippen molar-refractivity contribution in [3.05, 3.63) is 29.8 Å². The van der Waals surface area contributed by atoms with Gasteiger partial charge in [-0.3, -0.25) is 14.9 Å². The SMILES string of the molecule is Nc1ccccc1CNC(CSCC(=O)O)C(=O)O. The largest absolute Gasteiger partial charge is 0.481 e. The van der Waals surface area contributed by atoms with E-state index in [1.165, 1.54) is 0 Å². The van der Waals surface area contributed by atoms with Crippen LogP contribution in [0.25, 0.3) is 0 Å². The van der Waals surface area contributed by atoms with Crippen molar-refractivity contribution in [3.8, 4) is 0 Å². The van der Waals surface area contributed by atoms with Crippen LogP contribution in [0.2, 0.25) is 0 Å². The molecule has 19 heavy (non-hydrogen) atoms. The van der Waals surface area contributed by atoms with Gasteiger partial charge in [0.2, 0.25) is 0 Å². The molecule has 0 fully saturated rings. The van der Waals surface area contributed by atoms with Crippen LogP contribution in [0.1, 0.15) is 5.56 Å². The van der Waals surface area contributed by atoms with Crippen molar-refractivity contribution in [3.63, 3.8) is 0 Å². The van der Waals surface area contributed by atoms with Gasteiger partial charge in [-0.25, -0.2) is 0 Å². The van der Waals surface area contributed by atoms with Crippen LogP contribution < -0.4 is 11.1 Å². The fourth-order valence-electron chi connectivity index (χ4n) is 1.41. The van der Waals surface area contributed by atoms with Gasteiger partial charge in [-0.2, -0.15) is 0 Å². The molecule has 7 heteroatoms. The summed E-state index contributed by atoms with van der Waals surface area (Å²) in [6, 6.07) is 6.37. The van der Waals surface area contributed by atoms with Gasteiger partial charge in [0.15, 0.2) is 0 Å². The standard InChI is InChI=1S/C12H16N2O4S/c13-9-4-2-1-3-8(9)5-14-10(12(17)18)6-19-7-11(15)16/h1-4,10,14H,5-7,13H2,(H,15,16)(H,17,18). The lowest BCUT2D eigenvalue weighted by Gasteiger charge is -2.14. The number of carboxylic acid groups (broad SMARTS) is 2. The Morgan fingerprint density at radius 1 is 1.32 bits per heavy atom. The van der Waals surface area contributed by atoms with Gasteiger partial charge >= 0.3 is 11.9 Å². The number of nitrogens with one attached hydrogen (secondary N) is 1. The number of benzene rings is 1.